The molecule has 2 radical (unpaired) electrons. The second kappa shape index (κ2) is 19.3. The predicted molar refractivity (Wildman–Crippen MR) is 137 cm³/mol. The zero-order valence-electron chi connectivity index (χ0n) is 21.5. The van der Waals surface area contributed by atoms with Crippen molar-refractivity contribution in [3.05, 3.63) is 0 Å². The molecule has 0 saturated heterocycles. The number of hydrogen-bond donors (Lipinski definition) is 4. The van der Waals surface area contributed by atoms with Crippen molar-refractivity contribution >= 4 is 51.4 Å². The summed E-state index contributed by atoms with van der Waals surface area (Å²) in [6, 6.07) is 0. The van der Waals surface area contributed by atoms with Gasteiger partial charge in [-0.1, -0.05) is 0 Å². The maximum absolute atomic E-state index is 8.91. The van der Waals surface area contributed by atoms with Crippen LogP contribution in [0.4, 0.5) is 0 Å². The topological polar surface area (TPSA) is 99.4 Å². The van der Waals surface area contributed by atoms with E-state index in [4.69, 9.17) is 28.0 Å². The molecule has 0 aromatic carbocycles. The van der Waals surface area contributed by atoms with E-state index in [2.05, 4.69) is 39.3 Å². The van der Waals surface area contributed by atoms with Crippen molar-refractivity contribution in [2.24, 2.45) is 0 Å². The average molecular weight is 555 g/mol. The summed E-state index contributed by atoms with van der Waals surface area (Å²) in [5, 5.41) is 0. The van der Waals surface area contributed by atoms with Gasteiger partial charge in [0.25, 0.3) is 0 Å². The first kappa shape index (κ1) is 41.1. The van der Waals surface area contributed by atoms with Crippen LogP contribution in [0.15, 0.2) is 0 Å². The van der Waals surface area contributed by atoms with E-state index < -0.39 is 51.4 Å². The maximum Gasteiger partial charge on any atom is 0.229 e. The summed E-state index contributed by atoms with van der Waals surface area (Å²) < 4.78 is 10.8. The fraction of sp³-hybridized carbons (Fsp3) is 1.00. The van der Waals surface area contributed by atoms with Gasteiger partial charge in [-0.25, -0.2) is 0 Å². The zero-order chi connectivity index (χ0) is 24.0. The molecule has 0 aromatic heterocycles. The quantitative estimate of drug-likeness (QED) is 0.375. The molecule has 0 aromatic rings. The Labute approximate surface area is 204 Å². The Hall–Kier alpha value is 1.78. The van der Waals surface area contributed by atoms with Crippen LogP contribution in [0.2, 0.25) is 91.7 Å². The molecule has 0 saturated carbocycles. The van der Waals surface area contributed by atoms with Gasteiger partial charge in [-0.05, 0) is 91.7 Å². The van der Waals surface area contributed by atoms with Gasteiger partial charge in [-0.15, -0.1) is 0 Å². The maximum atomic E-state index is 8.91. The van der Waals surface area contributed by atoms with Crippen LogP contribution in [0, 0.1) is 0 Å². The van der Waals surface area contributed by atoms with E-state index in [1.165, 1.54) is 0 Å². The third-order valence-electron chi connectivity index (χ3n) is 1.43. The Morgan fingerprint density at radius 2 is 0.690 bits per heavy atom. The first-order valence-electron chi connectivity index (χ1n) is 9.59. The molecular formula is C16H50O6Si6Ti. The van der Waals surface area contributed by atoms with Crippen molar-refractivity contribution in [3.63, 3.8) is 0 Å². The van der Waals surface area contributed by atoms with Crippen LogP contribution in [0.1, 0.15) is 0 Å². The molecule has 0 aliphatic heterocycles. The van der Waals surface area contributed by atoms with Crippen LogP contribution in [-0.4, -0.2) is 83.0 Å². The molecular weight excluding hydrogens is 505 g/mol. The molecule has 0 aliphatic carbocycles. The molecule has 13 heteroatoms. The molecule has 0 rings (SSSR count). The fourth-order valence-electron chi connectivity index (χ4n) is 0.642. The summed E-state index contributed by atoms with van der Waals surface area (Å²) in [7, 11) is -8.24. The second-order valence-electron chi connectivity index (χ2n) is 10.6. The van der Waals surface area contributed by atoms with Crippen LogP contribution < -0.4 is 0 Å². The van der Waals surface area contributed by atoms with Crippen molar-refractivity contribution in [3.8, 4) is 0 Å². The van der Waals surface area contributed by atoms with Gasteiger partial charge in [0, 0.05) is 21.7 Å². The molecule has 29 heavy (non-hydrogen) atoms. The molecule has 4 N–H and O–H groups in total. The van der Waals surface area contributed by atoms with E-state index in [-0.39, 0.29) is 21.7 Å². The Morgan fingerprint density at radius 1 is 0.552 bits per heavy atom. The number of rotatable bonds is 6. The zero-order valence-corrected chi connectivity index (χ0v) is 29.1. The minimum absolute atomic E-state index is 0. The van der Waals surface area contributed by atoms with Crippen molar-refractivity contribution in [1.82, 2.24) is 0 Å². The molecule has 0 heterocycles. The third-order valence-corrected chi connectivity index (χ3v) is 5.15. The Bertz CT molecular complexity index is 304. The predicted octanol–water partition coefficient (Wildman–Crippen LogP) is 3.61. The summed E-state index contributed by atoms with van der Waals surface area (Å²) in [5.41, 5.74) is 0. The first-order chi connectivity index (χ1) is 11.8. The van der Waals surface area contributed by atoms with E-state index in [0.717, 1.165) is 0 Å². The first-order valence-corrected chi connectivity index (χ1v) is 27.6. The average Bonchev–Trinajstić information content (AvgIpc) is 2.29. The molecule has 0 fully saturated rings. The second-order valence-corrected chi connectivity index (χ2v) is 31.8. The molecule has 0 aliphatic rings. The normalized spacial score (nSPS) is 12.0. The summed E-state index contributed by atoms with van der Waals surface area (Å²) in [6.45, 7) is 27.7. The van der Waals surface area contributed by atoms with Crippen molar-refractivity contribution in [1.29, 1.82) is 0 Å². The minimum Gasteiger partial charge on any atom is -0.433 e. The van der Waals surface area contributed by atoms with Crippen LogP contribution in [0.3, 0.4) is 0 Å². The smallest absolute Gasteiger partial charge is 0.229 e. The van der Waals surface area contributed by atoms with Crippen LogP contribution >= 0.6 is 0 Å². The van der Waals surface area contributed by atoms with Crippen LogP contribution in [-0.2, 0) is 30.6 Å². The van der Waals surface area contributed by atoms with Crippen LogP contribution in [0.25, 0.3) is 0 Å². The van der Waals surface area contributed by atoms with Crippen molar-refractivity contribution < 1.29 is 49.8 Å². The minimum atomic E-state index is -1.61. The van der Waals surface area contributed by atoms with E-state index in [1.807, 2.05) is 52.4 Å². The van der Waals surface area contributed by atoms with Crippen molar-refractivity contribution in [2.45, 2.75) is 91.7 Å². The Morgan fingerprint density at radius 3 is 0.724 bits per heavy atom. The number of hydrogen-bond acceptors (Lipinski definition) is 6. The fourth-order valence-corrected chi connectivity index (χ4v) is 5.78. The molecule has 0 spiro atoms. The molecule has 0 bridgehead atoms. The van der Waals surface area contributed by atoms with Crippen molar-refractivity contribution in [2.75, 3.05) is 12.5 Å². The summed E-state index contributed by atoms with van der Waals surface area (Å²) in [6.07, 6.45) is 1.17. The van der Waals surface area contributed by atoms with Gasteiger partial charge >= 0.3 is 0 Å². The van der Waals surface area contributed by atoms with Gasteiger partial charge < -0.3 is 28.0 Å². The van der Waals surface area contributed by atoms with Gasteiger partial charge in [0.05, 0.1) is 12.5 Å². The Kier molecular flexibility index (Phi) is 27.3. The summed E-state index contributed by atoms with van der Waals surface area (Å²) >= 11 is 0. The summed E-state index contributed by atoms with van der Waals surface area (Å²) in [4.78, 5) is 35.1. The molecule has 6 nitrogen and oxygen atoms in total. The molecule has 178 valence electrons. The van der Waals surface area contributed by atoms with Gasteiger partial charge in [0.15, 0.2) is 33.3 Å². The van der Waals surface area contributed by atoms with E-state index in [1.54, 1.807) is 0 Å². The van der Waals surface area contributed by atoms with Gasteiger partial charge in [-0.3, -0.25) is 0 Å². The van der Waals surface area contributed by atoms with E-state index in [9.17, 15) is 0 Å². The van der Waals surface area contributed by atoms with E-state index >= 15 is 0 Å². The Balaban J connectivity index is -0.0000000907. The largest absolute Gasteiger partial charge is 0.433 e. The third kappa shape index (κ3) is 121. The van der Waals surface area contributed by atoms with Gasteiger partial charge in [0.1, 0.15) is 0 Å². The molecule has 0 amide bonds. The van der Waals surface area contributed by atoms with E-state index in [0.29, 0.717) is 12.5 Å². The summed E-state index contributed by atoms with van der Waals surface area (Å²) in [5.74, 6) is 0. The molecule has 0 atom stereocenters. The molecule has 0 unspecified atom stereocenters. The SMILES string of the molecule is C[Si](C)(C)O.C[Si](C)(C)O.C[Si](O)CO[Si](C)(C)C.C[Si](O)CO[Si](C)(C)C.[Ti]. The monoisotopic (exact) mass is 554 g/mol. The van der Waals surface area contributed by atoms with Gasteiger partial charge in [-0.2, -0.15) is 0 Å². The van der Waals surface area contributed by atoms with Gasteiger partial charge in [0.2, 0.25) is 18.1 Å². The standard InChI is InChI=1S/2C5H15O2Si2.2C3H10OSi.Ti/c2*1-8(6)5-7-9(2,3)4;2*1-5(2,3)4;/h2*6H,5H2,1-4H3;2*4H,1-3H3;. The van der Waals surface area contributed by atoms with Crippen LogP contribution in [0.5, 0.6) is 0 Å².